The van der Waals surface area contributed by atoms with Gasteiger partial charge in [0.25, 0.3) is 0 Å². The van der Waals surface area contributed by atoms with Gasteiger partial charge in [-0.3, -0.25) is 0 Å². The van der Waals surface area contributed by atoms with E-state index in [1.807, 2.05) is 31.2 Å². The fourth-order valence-corrected chi connectivity index (χ4v) is 1.70. The molecule has 0 spiro atoms. The molecule has 0 aromatic heterocycles. The third-order valence-electron chi connectivity index (χ3n) is 2.44. The van der Waals surface area contributed by atoms with Crippen LogP contribution in [-0.4, -0.2) is 10.2 Å². The molecule has 2 aromatic rings. The molecule has 0 heterocycles. The normalized spacial score (nSPS) is 11.1. The van der Waals surface area contributed by atoms with E-state index in [-0.39, 0.29) is 10.9 Å². The summed E-state index contributed by atoms with van der Waals surface area (Å²) in [7, 11) is 0. The van der Waals surface area contributed by atoms with Crippen molar-refractivity contribution in [1.29, 1.82) is 0 Å². The lowest BCUT2D eigenvalue weighted by Crippen LogP contribution is -2.01. The maximum Gasteiger partial charge on any atom is 0.211 e. The van der Waals surface area contributed by atoms with Gasteiger partial charge >= 0.3 is 0 Å². The molecule has 2 rings (SSSR count). The fraction of sp³-hybridized carbons (Fsp3) is 0.0833. The zero-order valence-corrected chi connectivity index (χ0v) is 10.0. The van der Waals surface area contributed by atoms with Gasteiger partial charge < -0.3 is 10.8 Å². The van der Waals surface area contributed by atoms with Crippen molar-refractivity contribution in [2.24, 2.45) is 16.0 Å². The Balaban J connectivity index is 2.71. The summed E-state index contributed by atoms with van der Waals surface area (Å²) in [6, 6.07) is 9.17. The molecule has 0 radical (unpaired) electrons. The number of phenols is 1. The average Bonchev–Trinajstić information content (AvgIpc) is 2.32. The Hall–Kier alpha value is -2.01. The summed E-state index contributed by atoms with van der Waals surface area (Å²) in [5.74, 6) is 0.259. The van der Waals surface area contributed by atoms with Gasteiger partial charge in [0, 0.05) is 10.8 Å². The Morgan fingerprint density at radius 3 is 2.59 bits per heavy atom. The summed E-state index contributed by atoms with van der Waals surface area (Å²) in [5.41, 5.74) is 6.65. The Morgan fingerprint density at radius 2 is 1.94 bits per heavy atom. The number of aryl methyl sites for hydroxylation is 1. The maximum atomic E-state index is 9.94. The number of hydrogen-bond donors (Lipinski definition) is 2. The van der Waals surface area contributed by atoms with Gasteiger partial charge in [-0.2, -0.15) is 0 Å². The van der Waals surface area contributed by atoms with Gasteiger partial charge in [-0.05, 0) is 30.8 Å². The second-order valence-electron chi connectivity index (χ2n) is 3.65. The van der Waals surface area contributed by atoms with E-state index >= 15 is 0 Å². The number of thiocarbonyl (C=S) groups is 1. The molecule has 0 saturated carbocycles. The highest BCUT2D eigenvalue weighted by molar-refractivity contribution is 7.80. The fourth-order valence-electron chi connectivity index (χ4n) is 1.66. The maximum absolute atomic E-state index is 9.94. The minimum absolute atomic E-state index is 0.0141. The van der Waals surface area contributed by atoms with Crippen LogP contribution in [0.2, 0.25) is 0 Å². The van der Waals surface area contributed by atoms with Crippen LogP contribution in [0.3, 0.4) is 0 Å². The number of nitrogens with two attached hydrogens (primary N) is 1. The van der Waals surface area contributed by atoms with E-state index < -0.39 is 0 Å². The van der Waals surface area contributed by atoms with Crippen LogP contribution in [0.25, 0.3) is 10.8 Å². The molecule has 0 aliphatic heterocycles. The van der Waals surface area contributed by atoms with Crippen LogP contribution >= 0.6 is 12.2 Å². The van der Waals surface area contributed by atoms with E-state index in [9.17, 15) is 5.11 Å². The number of benzene rings is 2. The SMILES string of the molecule is Cc1cc(N=NC(N)=S)c2ccccc2c1O. The Kier molecular flexibility index (Phi) is 3.01. The number of phenolic OH excluding ortho intramolecular Hbond substituents is 1. The molecule has 0 amide bonds. The van der Waals surface area contributed by atoms with Crippen LogP contribution in [0.15, 0.2) is 40.6 Å². The minimum Gasteiger partial charge on any atom is -0.507 e. The van der Waals surface area contributed by atoms with Crippen molar-refractivity contribution >= 4 is 33.8 Å². The van der Waals surface area contributed by atoms with Crippen molar-refractivity contribution < 1.29 is 5.11 Å². The summed E-state index contributed by atoms with van der Waals surface area (Å²) >= 11 is 4.64. The van der Waals surface area contributed by atoms with Crippen molar-refractivity contribution in [3.63, 3.8) is 0 Å². The van der Waals surface area contributed by atoms with E-state index in [1.54, 1.807) is 6.07 Å². The Morgan fingerprint density at radius 1 is 1.29 bits per heavy atom. The lowest BCUT2D eigenvalue weighted by Gasteiger charge is -2.06. The molecule has 86 valence electrons. The first-order valence-electron chi connectivity index (χ1n) is 5.02. The molecular formula is C12H11N3OS. The molecule has 0 bridgehead atoms. The predicted octanol–water partition coefficient (Wildman–Crippen LogP) is 3.18. The number of aromatic hydroxyl groups is 1. The minimum atomic E-state index is -0.0141. The first kappa shape index (κ1) is 11.5. The summed E-state index contributed by atoms with van der Waals surface area (Å²) < 4.78 is 0. The van der Waals surface area contributed by atoms with E-state index in [0.29, 0.717) is 5.69 Å². The first-order valence-corrected chi connectivity index (χ1v) is 5.43. The molecule has 0 fully saturated rings. The van der Waals surface area contributed by atoms with Crippen molar-refractivity contribution in [2.45, 2.75) is 6.92 Å². The monoisotopic (exact) mass is 245 g/mol. The van der Waals surface area contributed by atoms with Crippen LogP contribution in [0.1, 0.15) is 5.56 Å². The van der Waals surface area contributed by atoms with Crippen LogP contribution in [0, 0.1) is 6.92 Å². The molecule has 0 aliphatic carbocycles. The molecule has 2 aromatic carbocycles. The largest absolute Gasteiger partial charge is 0.507 e. The second kappa shape index (κ2) is 4.47. The summed E-state index contributed by atoms with van der Waals surface area (Å²) in [5, 5.41) is 19.1. The van der Waals surface area contributed by atoms with E-state index in [0.717, 1.165) is 16.3 Å². The molecule has 0 unspecified atom stereocenters. The van der Waals surface area contributed by atoms with Crippen LogP contribution in [-0.2, 0) is 0 Å². The zero-order valence-electron chi connectivity index (χ0n) is 9.21. The van der Waals surface area contributed by atoms with E-state index in [1.165, 1.54) is 0 Å². The Labute approximate surface area is 104 Å². The van der Waals surface area contributed by atoms with E-state index in [2.05, 4.69) is 22.4 Å². The van der Waals surface area contributed by atoms with Gasteiger partial charge in [0.2, 0.25) is 5.11 Å². The molecule has 0 saturated heterocycles. The lowest BCUT2D eigenvalue weighted by molar-refractivity contribution is 0.477. The highest BCUT2D eigenvalue weighted by Gasteiger charge is 2.07. The van der Waals surface area contributed by atoms with Gasteiger partial charge in [0.05, 0.1) is 5.69 Å². The third-order valence-corrected chi connectivity index (χ3v) is 2.52. The molecule has 4 nitrogen and oxygen atoms in total. The van der Waals surface area contributed by atoms with Crippen LogP contribution < -0.4 is 5.73 Å². The van der Waals surface area contributed by atoms with Crippen molar-refractivity contribution in [3.05, 3.63) is 35.9 Å². The predicted molar refractivity (Wildman–Crippen MR) is 71.7 cm³/mol. The number of rotatable bonds is 1. The average molecular weight is 245 g/mol. The van der Waals surface area contributed by atoms with E-state index in [4.69, 9.17) is 5.73 Å². The number of fused-ring (bicyclic) bond motifs is 1. The lowest BCUT2D eigenvalue weighted by atomic mass is 10.0. The van der Waals surface area contributed by atoms with Gasteiger partial charge in [-0.25, -0.2) is 0 Å². The quantitative estimate of drug-likeness (QED) is 0.598. The summed E-state index contributed by atoms with van der Waals surface area (Å²) in [4.78, 5) is 0. The van der Waals surface area contributed by atoms with Crippen LogP contribution in [0.5, 0.6) is 5.75 Å². The van der Waals surface area contributed by atoms with Gasteiger partial charge in [-0.1, -0.05) is 24.3 Å². The summed E-state index contributed by atoms with van der Waals surface area (Å²) in [6.45, 7) is 1.81. The van der Waals surface area contributed by atoms with Crippen LogP contribution in [0.4, 0.5) is 5.69 Å². The third kappa shape index (κ3) is 2.24. The Bertz CT molecular complexity index is 622. The molecule has 3 N–H and O–H groups in total. The van der Waals surface area contributed by atoms with Crippen molar-refractivity contribution in [3.8, 4) is 5.75 Å². The molecule has 17 heavy (non-hydrogen) atoms. The van der Waals surface area contributed by atoms with Gasteiger partial charge in [0.15, 0.2) is 0 Å². The molecule has 0 aliphatic rings. The van der Waals surface area contributed by atoms with Crippen molar-refractivity contribution in [1.82, 2.24) is 0 Å². The van der Waals surface area contributed by atoms with Crippen molar-refractivity contribution in [2.75, 3.05) is 0 Å². The topological polar surface area (TPSA) is 71.0 Å². The second-order valence-corrected chi connectivity index (χ2v) is 4.06. The van der Waals surface area contributed by atoms with Gasteiger partial charge in [0.1, 0.15) is 5.75 Å². The zero-order chi connectivity index (χ0) is 12.4. The smallest absolute Gasteiger partial charge is 0.211 e. The highest BCUT2D eigenvalue weighted by atomic mass is 32.1. The number of nitrogens with zero attached hydrogens (tertiary/aromatic N) is 2. The standard InChI is InChI=1S/C12H11N3OS/c1-7-6-10(14-15-12(13)17)8-4-2-3-5-9(8)11(7)16/h2-6,16H,1H3,(H2,13,17). The molecule has 5 heteroatoms. The number of azo groups is 1. The first-order chi connectivity index (χ1) is 8.09. The molecule has 0 atom stereocenters. The van der Waals surface area contributed by atoms with Gasteiger partial charge in [-0.15, -0.1) is 10.2 Å². The summed E-state index contributed by atoms with van der Waals surface area (Å²) in [6.07, 6.45) is 0. The highest BCUT2D eigenvalue weighted by Crippen LogP contribution is 2.35. The molecular weight excluding hydrogens is 234 g/mol. The number of hydrogen-bond acceptors (Lipinski definition) is 3.